The Morgan fingerprint density at radius 3 is 2.59 bits per heavy atom. The van der Waals surface area contributed by atoms with Gasteiger partial charge in [-0.05, 0) is 37.3 Å². The minimum atomic E-state index is -0.0268. The molecule has 1 aliphatic rings. The van der Waals surface area contributed by atoms with Crippen LogP contribution in [0, 0.1) is 0 Å². The molecular weight excluding hydrogens is 386 g/mol. The maximum Gasteiger partial charge on any atom is 0.221 e. The van der Waals surface area contributed by atoms with Gasteiger partial charge in [-0.3, -0.25) is 4.79 Å². The van der Waals surface area contributed by atoms with Gasteiger partial charge < -0.3 is 19.5 Å². The number of rotatable bonds is 7. The smallest absolute Gasteiger partial charge is 0.221 e. The molecule has 0 radical (unpaired) electrons. The van der Waals surface area contributed by atoms with Crippen LogP contribution in [0.5, 0.6) is 5.75 Å². The highest BCUT2D eigenvalue weighted by Gasteiger charge is 2.32. The number of ketones is 1. The molecule has 4 rings (SSSR count). The quantitative estimate of drug-likeness (QED) is 0.511. The van der Waals surface area contributed by atoms with Crippen LogP contribution >= 0.6 is 11.6 Å². The average Bonchev–Trinajstić information content (AvgIpc) is 3.19. The summed E-state index contributed by atoms with van der Waals surface area (Å²) < 4.78 is 5.82. The number of piperazine rings is 1. The largest absolute Gasteiger partial charge is 0.488 e. The summed E-state index contributed by atoms with van der Waals surface area (Å²) in [6.07, 6.45) is 1.86. The molecule has 0 aliphatic carbocycles. The van der Waals surface area contributed by atoms with Gasteiger partial charge in [-0.15, -0.1) is 0 Å². The molecule has 0 unspecified atom stereocenters. The third-order valence-corrected chi connectivity index (χ3v) is 6.25. The Morgan fingerprint density at radius 1 is 1.10 bits per heavy atom. The summed E-state index contributed by atoms with van der Waals surface area (Å²) in [6, 6.07) is 15.5. The predicted molar refractivity (Wildman–Crippen MR) is 115 cm³/mol. The standard InChI is InChI=1S/C23H26ClN3O2/c1-17(23(28)21-16-25-22-5-3-2-4-20(21)22)27-12-10-26(11-13-27)14-15-29-19-8-6-18(24)7-9-19/h2-9,16-17,25H,10-15H2,1H3/p+2/t17-/m0/s1. The van der Waals surface area contributed by atoms with Gasteiger partial charge in [0.15, 0.2) is 0 Å². The van der Waals surface area contributed by atoms with Crippen molar-refractivity contribution in [3.05, 3.63) is 65.3 Å². The summed E-state index contributed by atoms with van der Waals surface area (Å²) in [7, 11) is 0. The Kier molecular flexibility index (Phi) is 6.19. The van der Waals surface area contributed by atoms with Gasteiger partial charge in [-0.1, -0.05) is 29.8 Å². The molecule has 29 heavy (non-hydrogen) atoms. The highest BCUT2D eigenvalue weighted by Crippen LogP contribution is 2.18. The van der Waals surface area contributed by atoms with Gasteiger partial charge in [0, 0.05) is 27.7 Å². The zero-order chi connectivity index (χ0) is 20.2. The summed E-state index contributed by atoms with van der Waals surface area (Å²) in [5, 5.41) is 1.74. The van der Waals surface area contributed by atoms with E-state index in [1.807, 2.05) is 54.7 Å². The molecule has 1 aliphatic heterocycles. The Morgan fingerprint density at radius 2 is 1.83 bits per heavy atom. The Labute approximate surface area is 176 Å². The number of ether oxygens (including phenoxy) is 1. The van der Waals surface area contributed by atoms with Crippen molar-refractivity contribution in [2.45, 2.75) is 13.0 Å². The molecule has 1 aromatic heterocycles. The molecule has 1 fully saturated rings. The topological polar surface area (TPSA) is 51.0 Å². The number of Topliss-reactive ketones (excluding diaryl/α,β-unsaturated/α-hetero) is 1. The minimum Gasteiger partial charge on any atom is -0.488 e. The number of hydrogen-bond donors (Lipinski definition) is 3. The van der Waals surface area contributed by atoms with Crippen LogP contribution in [0.25, 0.3) is 10.9 Å². The molecule has 2 aromatic carbocycles. The molecule has 0 spiro atoms. The maximum absolute atomic E-state index is 13.1. The maximum atomic E-state index is 13.1. The molecule has 152 valence electrons. The van der Waals surface area contributed by atoms with E-state index in [4.69, 9.17) is 16.3 Å². The second-order valence-corrected chi connectivity index (χ2v) is 8.23. The zero-order valence-corrected chi connectivity index (χ0v) is 17.5. The van der Waals surface area contributed by atoms with Crippen LogP contribution in [-0.4, -0.2) is 56.1 Å². The van der Waals surface area contributed by atoms with Gasteiger partial charge in [-0.2, -0.15) is 0 Å². The summed E-state index contributed by atoms with van der Waals surface area (Å²) in [4.78, 5) is 19.2. The number of quaternary nitrogens is 2. The molecule has 5 nitrogen and oxygen atoms in total. The molecule has 0 bridgehead atoms. The summed E-state index contributed by atoms with van der Waals surface area (Å²) in [5.74, 6) is 1.09. The molecule has 2 heterocycles. The van der Waals surface area contributed by atoms with Crippen molar-refractivity contribution in [3.8, 4) is 5.75 Å². The molecule has 0 amide bonds. The van der Waals surface area contributed by atoms with Gasteiger partial charge >= 0.3 is 0 Å². The van der Waals surface area contributed by atoms with E-state index in [-0.39, 0.29) is 11.8 Å². The highest BCUT2D eigenvalue weighted by molar-refractivity contribution is 6.30. The first kappa shape index (κ1) is 20.0. The first-order valence-electron chi connectivity index (χ1n) is 10.3. The Balaban J connectivity index is 1.26. The fourth-order valence-corrected chi connectivity index (χ4v) is 4.27. The predicted octanol–water partition coefficient (Wildman–Crippen LogP) is 1.25. The van der Waals surface area contributed by atoms with E-state index in [0.717, 1.165) is 60.0 Å². The second kappa shape index (κ2) is 8.99. The van der Waals surface area contributed by atoms with Crippen LogP contribution in [0.1, 0.15) is 17.3 Å². The van der Waals surface area contributed by atoms with Crippen LogP contribution in [0.3, 0.4) is 0 Å². The van der Waals surface area contributed by atoms with Crippen LogP contribution < -0.4 is 14.5 Å². The lowest BCUT2D eigenvalue weighted by atomic mass is 10.0. The van der Waals surface area contributed by atoms with Crippen molar-refractivity contribution in [1.29, 1.82) is 0 Å². The summed E-state index contributed by atoms with van der Waals surface area (Å²) in [5.41, 5.74) is 1.83. The van der Waals surface area contributed by atoms with Gasteiger partial charge in [0.25, 0.3) is 0 Å². The van der Waals surface area contributed by atoms with Crippen LogP contribution in [0.15, 0.2) is 54.7 Å². The molecule has 6 heteroatoms. The van der Waals surface area contributed by atoms with Crippen molar-refractivity contribution in [3.63, 3.8) is 0 Å². The van der Waals surface area contributed by atoms with Crippen molar-refractivity contribution >= 4 is 28.3 Å². The molecule has 0 saturated carbocycles. The number of fused-ring (bicyclic) bond motifs is 1. The number of aromatic amines is 1. The van der Waals surface area contributed by atoms with E-state index < -0.39 is 0 Å². The molecular formula is C23H28ClN3O2+2. The summed E-state index contributed by atoms with van der Waals surface area (Å²) >= 11 is 5.90. The normalized spacial score (nSPS) is 20.5. The number of para-hydroxylation sites is 1. The molecule has 1 atom stereocenters. The highest BCUT2D eigenvalue weighted by atomic mass is 35.5. The number of carbonyl (C=O) groups is 1. The van der Waals surface area contributed by atoms with Gasteiger partial charge in [0.2, 0.25) is 5.78 Å². The number of hydrogen-bond acceptors (Lipinski definition) is 2. The minimum absolute atomic E-state index is 0.0268. The number of carbonyl (C=O) groups excluding carboxylic acids is 1. The fourth-order valence-electron chi connectivity index (χ4n) is 4.15. The number of halogens is 1. The molecule has 3 aromatic rings. The van der Waals surface area contributed by atoms with Crippen molar-refractivity contribution < 1.29 is 19.3 Å². The Bertz CT molecular complexity index is 962. The van der Waals surface area contributed by atoms with Crippen molar-refractivity contribution in [2.75, 3.05) is 39.3 Å². The van der Waals surface area contributed by atoms with Crippen molar-refractivity contribution in [2.24, 2.45) is 0 Å². The van der Waals surface area contributed by atoms with E-state index in [1.165, 1.54) is 9.80 Å². The van der Waals surface area contributed by atoms with E-state index in [1.54, 1.807) is 0 Å². The van der Waals surface area contributed by atoms with E-state index >= 15 is 0 Å². The summed E-state index contributed by atoms with van der Waals surface area (Å²) in [6.45, 7) is 7.86. The second-order valence-electron chi connectivity index (χ2n) is 7.79. The number of nitrogens with one attached hydrogen (secondary N) is 3. The van der Waals surface area contributed by atoms with Gasteiger partial charge in [-0.25, -0.2) is 0 Å². The lowest BCUT2D eigenvalue weighted by Crippen LogP contribution is -3.30. The van der Waals surface area contributed by atoms with Crippen molar-refractivity contribution in [1.82, 2.24) is 4.98 Å². The molecule has 1 saturated heterocycles. The van der Waals surface area contributed by atoms with Gasteiger partial charge in [0.1, 0.15) is 51.1 Å². The monoisotopic (exact) mass is 413 g/mol. The number of aromatic nitrogens is 1. The van der Waals surface area contributed by atoms with E-state index in [9.17, 15) is 4.79 Å². The van der Waals surface area contributed by atoms with Crippen LogP contribution in [0.2, 0.25) is 5.02 Å². The fraction of sp³-hybridized carbons (Fsp3) is 0.348. The van der Waals surface area contributed by atoms with Crippen LogP contribution in [0.4, 0.5) is 0 Å². The van der Waals surface area contributed by atoms with E-state index in [2.05, 4.69) is 11.9 Å². The third kappa shape index (κ3) is 4.64. The third-order valence-electron chi connectivity index (χ3n) is 6.00. The Hall–Kier alpha value is -2.34. The lowest BCUT2D eigenvalue weighted by Gasteiger charge is -2.32. The van der Waals surface area contributed by atoms with Crippen LogP contribution in [-0.2, 0) is 0 Å². The number of benzene rings is 2. The number of H-pyrrole nitrogens is 1. The molecule has 3 N–H and O–H groups in total. The average molecular weight is 414 g/mol. The van der Waals surface area contributed by atoms with E-state index in [0.29, 0.717) is 6.61 Å². The lowest BCUT2D eigenvalue weighted by molar-refractivity contribution is -1.02. The SMILES string of the molecule is C[C@@H](C(=O)c1c[nH]c2ccccc12)[NH+]1CC[NH+](CCOc2ccc(Cl)cc2)CC1. The zero-order valence-electron chi connectivity index (χ0n) is 16.7. The first-order chi connectivity index (χ1) is 14.1. The van der Waals surface area contributed by atoms with Gasteiger partial charge in [0.05, 0.1) is 0 Å². The first-order valence-corrected chi connectivity index (χ1v) is 10.7.